The Bertz CT molecular complexity index is 1600. The van der Waals surface area contributed by atoms with Gasteiger partial charge in [0.2, 0.25) is 0 Å². The highest BCUT2D eigenvalue weighted by Gasteiger charge is 2.44. The van der Waals surface area contributed by atoms with E-state index in [-0.39, 0.29) is 23.1 Å². The van der Waals surface area contributed by atoms with Crippen LogP contribution in [0.3, 0.4) is 0 Å². The molecule has 4 aromatic rings. The van der Waals surface area contributed by atoms with E-state index in [9.17, 15) is 14.7 Å². The molecule has 210 valence electrons. The fourth-order valence-corrected chi connectivity index (χ4v) is 6.81. The summed E-state index contributed by atoms with van der Waals surface area (Å²) in [7, 11) is 1.40. The van der Waals surface area contributed by atoms with E-state index in [1.807, 2.05) is 66.4 Å². The molecule has 0 saturated heterocycles. The number of carboxylic acid groups (broad SMARTS) is 1. The van der Waals surface area contributed by atoms with Gasteiger partial charge in [0.1, 0.15) is 0 Å². The van der Waals surface area contributed by atoms with Gasteiger partial charge in [0.05, 0.1) is 30.3 Å². The number of carbonyl (C=O) groups excluding carboxylic acids is 1. The van der Waals surface area contributed by atoms with E-state index >= 15 is 0 Å². The van der Waals surface area contributed by atoms with Crippen molar-refractivity contribution in [2.45, 2.75) is 37.4 Å². The van der Waals surface area contributed by atoms with Crippen LogP contribution in [0.15, 0.2) is 78.9 Å². The minimum absolute atomic E-state index is 0.110. The van der Waals surface area contributed by atoms with E-state index in [1.54, 1.807) is 6.07 Å². The van der Waals surface area contributed by atoms with Gasteiger partial charge in [-0.25, -0.2) is 9.78 Å². The van der Waals surface area contributed by atoms with E-state index in [1.165, 1.54) is 12.7 Å². The maximum atomic E-state index is 12.3. The highest BCUT2D eigenvalue weighted by atomic mass is 35.5. The minimum atomic E-state index is -0.733. The number of aromatic nitrogens is 1. The lowest BCUT2D eigenvalue weighted by Gasteiger charge is -2.21. The predicted molar refractivity (Wildman–Crippen MR) is 167 cm³/mol. The molecule has 1 heterocycles. The topological polar surface area (TPSA) is 76.5 Å². The van der Waals surface area contributed by atoms with Crippen molar-refractivity contribution in [2.75, 3.05) is 12.9 Å². The van der Waals surface area contributed by atoms with Gasteiger partial charge in [-0.2, -0.15) is 11.8 Å². The summed E-state index contributed by atoms with van der Waals surface area (Å²) in [6.07, 6.45) is 7.70. The lowest BCUT2D eigenvalue weighted by Crippen LogP contribution is -2.13. The van der Waals surface area contributed by atoms with E-state index in [4.69, 9.17) is 21.3 Å². The number of thioether (sulfide) groups is 1. The lowest BCUT2D eigenvalue weighted by molar-refractivity contribution is -0.138. The van der Waals surface area contributed by atoms with Crippen LogP contribution in [0.4, 0.5) is 0 Å². The van der Waals surface area contributed by atoms with Crippen LogP contribution in [0.25, 0.3) is 23.1 Å². The Kier molecular flexibility index (Phi) is 9.11. The summed E-state index contributed by atoms with van der Waals surface area (Å²) in [5.41, 5.74) is 5.37. The Morgan fingerprint density at radius 1 is 1.05 bits per heavy atom. The van der Waals surface area contributed by atoms with Crippen LogP contribution in [-0.4, -0.2) is 34.9 Å². The van der Waals surface area contributed by atoms with E-state index in [0.29, 0.717) is 17.0 Å². The number of nitrogens with zero attached hydrogens (tertiary/aromatic N) is 1. The molecule has 0 bridgehead atoms. The third-order valence-electron chi connectivity index (χ3n) is 7.58. The first-order chi connectivity index (χ1) is 19.8. The van der Waals surface area contributed by atoms with Crippen LogP contribution in [0.5, 0.6) is 0 Å². The van der Waals surface area contributed by atoms with Gasteiger partial charge in [-0.3, -0.25) is 4.79 Å². The monoisotopic (exact) mass is 585 g/mol. The number of pyridine rings is 1. The van der Waals surface area contributed by atoms with Crippen LogP contribution in [0, 0.1) is 5.41 Å². The van der Waals surface area contributed by atoms with Gasteiger partial charge in [0.25, 0.3) is 0 Å². The largest absolute Gasteiger partial charge is 0.481 e. The zero-order valence-electron chi connectivity index (χ0n) is 22.9. The molecule has 1 atom stereocenters. The Hall–Kier alpha value is -3.61. The number of carboxylic acids is 1. The fourth-order valence-electron chi connectivity index (χ4n) is 5.07. The quantitative estimate of drug-likeness (QED) is 0.168. The molecule has 1 N–H and O–H groups in total. The molecule has 1 aromatic heterocycles. The van der Waals surface area contributed by atoms with Crippen LogP contribution >= 0.6 is 23.4 Å². The van der Waals surface area contributed by atoms with Crippen molar-refractivity contribution in [1.29, 1.82) is 0 Å². The third-order valence-corrected chi connectivity index (χ3v) is 9.50. The summed E-state index contributed by atoms with van der Waals surface area (Å²) in [6.45, 7) is 0. The molecular formula is C34H32ClNO4S. The normalized spacial score (nSPS) is 14.7. The molecule has 0 radical (unpaired) electrons. The smallest absolute Gasteiger partial charge is 0.338 e. The number of hydrogen-bond acceptors (Lipinski definition) is 5. The first-order valence-corrected chi connectivity index (χ1v) is 15.1. The van der Waals surface area contributed by atoms with Gasteiger partial charge in [0.15, 0.2) is 0 Å². The predicted octanol–water partition coefficient (Wildman–Crippen LogP) is 8.51. The molecule has 3 aromatic carbocycles. The van der Waals surface area contributed by atoms with Gasteiger partial charge in [-0.15, -0.1) is 0 Å². The molecule has 1 aliphatic carbocycles. The number of aliphatic carboxylic acids is 1. The standard InChI is InChI=1S/C34H32ClNO4S/c1-40-33(39)29-8-3-2-6-24(29)12-16-31(41-22-34(17-18-34)21-32(37)38)26-7-4-5-23(19-26)9-14-28-15-11-25-10-13-27(35)20-30(25)36-28/h2-11,13-15,19-20,31H,12,16-18,21-22H2,1H3,(H,37,38)/b14-9+/t31-/m1/s1. The molecule has 7 heteroatoms. The van der Waals surface area contributed by atoms with Crippen molar-refractivity contribution in [3.8, 4) is 0 Å². The zero-order valence-corrected chi connectivity index (χ0v) is 24.5. The second-order valence-electron chi connectivity index (χ2n) is 10.6. The lowest BCUT2D eigenvalue weighted by atomic mass is 9.98. The number of aryl methyl sites for hydroxylation is 1. The second-order valence-corrected chi connectivity index (χ2v) is 12.3. The second kappa shape index (κ2) is 12.9. The maximum Gasteiger partial charge on any atom is 0.338 e. The van der Waals surface area contributed by atoms with E-state index in [0.717, 1.165) is 52.7 Å². The Labute approximate surface area is 249 Å². The van der Waals surface area contributed by atoms with Gasteiger partial charge < -0.3 is 9.84 Å². The van der Waals surface area contributed by atoms with Crippen molar-refractivity contribution in [2.24, 2.45) is 5.41 Å². The van der Waals surface area contributed by atoms with E-state index < -0.39 is 5.97 Å². The van der Waals surface area contributed by atoms with Crippen LogP contribution in [-0.2, 0) is 16.0 Å². The maximum absolute atomic E-state index is 12.3. The summed E-state index contributed by atoms with van der Waals surface area (Å²) < 4.78 is 5.00. The van der Waals surface area contributed by atoms with Gasteiger partial charge in [0, 0.05) is 21.4 Å². The molecule has 5 nitrogen and oxygen atoms in total. The van der Waals surface area contributed by atoms with Crippen LogP contribution in [0.1, 0.15) is 63.7 Å². The zero-order chi connectivity index (χ0) is 28.8. The molecular weight excluding hydrogens is 554 g/mol. The summed E-state index contributed by atoms with van der Waals surface area (Å²) in [4.78, 5) is 28.5. The van der Waals surface area contributed by atoms with E-state index in [2.05, 4.69) is 30.3 Å². The number of carbonyl (C=O) groups is 2. The van der Waals surface area contributed by atoms with Crippen molar-refractivity contribution >= 4 is 58.4 Å². The van der Waals surface area contributed by atoms with Gasteiger partial charge in [-0.05, 0) is 78.1 Å². The number of esters is 1. The third kappa shape index (κ3) is 7.57. The summed E-state index contributed by atoms with van der Waals surface area (Å²) in [5, 5.41) is 11.3. The molecule has 5 rings (SSSR count). The minimum Gasteiger partial charge on any atom is -0.481 e. The summed E-state index contributed by atoms with van der Waals surface area (Å²) >= 11 is 7.98. The average Bonchev–Trinajstić information content (AvgIpc) is 3.74. The van der Waals surface area contributed by atoms with Crippen LogP contribution in [0.2, 0.25) is 5.02 Å². The van der Waals surface area contributed by atoms with Crippen LogP contribution < -0.4 is 0 Å². The van der Waals surface area contributed by atoms with Crippen molar-refractivity contribution in [3.05, 3.63) is 112 Å². The van der Waals surface area contributed by atoms with Crippen molar-refractivity contribution in [3.63, 3.8) is 0 Å². The number of benzene rings is 3. The number of halogens is 1. The number of rotatable bonds is 12. The molecule has 0 aliphatic heterocycles. The molecule has 0 spiro atoms. The number of methoxy groups -OCH3 is 1. The number of ether oxygens (including phenoxy) is 1. The molecule has 0 unspecified atom stereocenters. The van der Waals surface area contributed by atoms with Gasteiger partial charge >= 0.3 is 11.9 Å². The summed E-state index contributed by atoms with van der Waals surface area (Å²) in [6, 6.07) is 25.7. The number of fused-ring (bicyclic) bond motifs is 1. The fraction of sp³-hybridized carbons (Fsp3) is 0.265. The molecule has 1 saturated carbocycles. The SMILES string of the molecule is COC(=O)c1ccccc1CC[C@@H](SCC1(CC(=O)O)CC1)c1cccc(/C=C/c2ccc3ccc(Cl)cc3n2)c1. The molecule has 0 amide bonds. The molecule has 1 fully saturated rings. The molecule has 41 heavy (non-hydrogen) atoms. The Morgan fingerprint density at radius 2 is 1.85 bits per heavy atom. The van der Waals surface area contributed by atoms with Crippen molar-refractivity contribution in [1.82, 2.24) is 4.98 Å². The first-order valence-electron chi connectivity index (χ1n) is 13.7. The van der Waals surface area contributed by atoms with Crippen molar-refractivity contribution < 1.29 is 19.4 Å². The molecule has 1 aliphatic rings. The first kappa shape index (κ1) is 28.9. The van der Waals surface area contributed by atoms with Gasteiger partial charge in [-0.1, -0.05) is 72.3 Å². The summed E-state index contributed by atoms with van der Waals surface area (Å²) in [5.74, 6) is -0.269. The Balaban J connectivity index is 1.37. The number of hydrogen-bond donors (Lipinski definition) is 1. The highest BCUT2D eigenvalue weighted by Crippen LogP contribution is 2.53. The highest BCUT2D eigenvalue weighted by molar-refractivity contribution is 7.99. The Morgan fingerprint density at radius 3 is 2.63 bits per heavy atom. The average molecular weight is 586 g/mol.